The molecule has 1 aliphatic rings. The molecule has 2 amide bonds. The number of aromatic nitrogens is 4. The van der Waals surface area contributed by atoms with Gasteiger partial charge in [0.1, 0.15) is 16.1 Å². The molecule has 4 heterocycles. The molecular formula is C23H28FN7O3S. The molecule has 10 nitrogen and oxygen atoms in total. The molecule has 12 heteroatoms. The van der Waals surface area contributed by atoms with Crippen molar-refractivity contribution in [1.29, 1.82) is 0 Å². The molecule has 2 atom stereocenters. The van der Waals surface area contributed by atoms with Gasteiger partial charge < -0.3 is 20.3 Å². The first-order chi connectivity index (χ1) is 16.5. The summed E-state index contributed by atoms with van der Waals surface area (Å²) in [6.07, 6.45) is 2.79. The van der Waals surface area contributed by atoms with E-state index in [2.05, 4.69) is 30.6 Å². The Hall–Kier alpha value is -3.41. The molecule has 0 saturated carbocycles. The maximum absolute atomic E-state index is 13.6. The highest BCUT2D eigenvalue weighted by Crippen LogP contribution is 2.28. The summed E-state index contributed by atoms with van der Waals surface area (Å²) in [4.78, 5) is 44.5. The van der Waals surface area contributed by atoms with Crippen molar-refractivity contribution in [3.63, 3.8) is 0 Å². The Morgan fingerprint density at radius 3 is 2.74 bits per heavy atom. The number of amides is 2. The van der Waals surface area contributed by atoms with E-state index in [4.69, 9.17) is 4.74 Å². The number of thiazole rings is 1. The number of fused-ring (bicyclic) bond motifs is 1. The molecule has 0 aliphatic carbocycles. The lowest BCUT2D eigenvalue weighted by molar-refractivity contribution is 0.0502. The van der Waals surface area contributed by atoms with Crippen LogP contribution in [0.5, 0.6) is 0 Å². The first-order valence-electron chi connectivity index (χ1n) is 11.3. The van der Waals surface area contributed by atoms with Gasteiger partial charge in [0.2, 0.25) is 5.95 Å². The molecule has 0 spiro atoms. The monoisotopic (exact) mass is 501 g/mol. The number of carbonyl (C=O) groups excluding carboxylic acids is 2. The topological polar surface area (TPSA) is 122 Å². The molecule has 3 aromatic heterocycles. The molecular weight excluding hydrogens is 473 g/mol. The van der Waals surface area contributed by atoms with E-state index in [0.29, 0.717) is 35.4 Å². The van der Waals surface area contributed by atoms with Crippen LogP contribution < -0.4 is 10.6 Å². The second-order valence-corrected chi connectivity index (χ2v) is 10.7. The Bertz CT molecular complexity index is 1260. The van der Waals surface area contributed by atoms with E-state index >= 15 is 0 Å². The smallest absolute Gasteiger partial charge is 0.407 e. The van der Waals surface area contributed by atoms with Crippen molar-refractivity contribution in [2.75, 3.05) is 18.4 Å². The van der Waals surface area contributed by atoms with Crippen molar-refractivity contribution in [3.05, 3.63) is 40.5 Å². The Morgan fingerprint density at radius 1 is 1.26 bits per heavy atom. The number of aryl methyl sites for hydroxylation is 1. The highest BCUT2D eigenvalue weighted by atomic mass is 32.1. The number of anilines is 1. The zero-order valence-electron chi connectivity index (χ0n) is 20.3. The lowest BCUT2D eigenvalue weighted by Crippen LogP contribution is -2.41. The van der Waals surface area contributed by atoms with Gasteiger partial charge in [-0.15, -0.1) is 11.3 Å². The number of rotatable bonds is 5. The second-order valence-electron chi connectivity index (χ2n) is 9.47. The molecule has 1 fully saturated rings. The predicted octanol–water partition coefficient (Wildman–Crippen LogP) is 3.84. The lowest BCUT2D eigenvalue weighted by Gasteiger charge is -2.22. The van der Waals surface area contributed by atoms with Gasteiger partial charge in [0.05, 0.1) is 23.3 Å². The first-order valence-corrected chi connectivity index (χ1v) is 12.1. The summed E-state index contributed by atoms with van der Waals surface area (Å²) in [6.45, 7) is 9.87. The van der Waals surface area contributed by atoms with E-state index in [1.165, 1.54) is 17.4 Å². The van der Waals surface area contributed by atoms with Crippen LogP contribution in [0.4, 0.5) is 15.1 Å². The maximum atomic E-state index is 13.6. The van der Waals surface area contributed by atoms with Crippen LogP contribution in [0.3, 0.4) is 0 Å². The SMILES string of the molecule is Cc1nc2nc(N[C@@H](C)c3cncc(F)c3)nc(C(=O)N3CC[C@@H](NC(=O)OC(C)(C)C)C3)c2s1. The van der Waals surface area contributed by atoms with Crippen LogP contribution in [-0.2, 0) is 4.74 Å². The molecule has 4 rings (SSSR count). The summed E-state index contributed by atoms with van der Waals surface area (Å²) in [7, 11) is 0. The van der Waals surface area contributed by atoms with Crippen molar-refractivity contribution in [1.82, 2.24) is 30.2 Å². The fourth-order valence-electron chi connectivity index (χ4n) is 3.77. The molecule has 2 N–H and O–H groups in total. The van der Waals surface area contributed by atoms with Crippen LogP contribution in [0, 0.1) is 12.7 Å². The van der Waals surface area contributed by atoms with Crippen LogP contribution in [0.2, 0.25) is 0 Å². The van der Waals surface area contributed by atoms with Crippen LogP contribution >= 0.6 is 11.3 Å². The fourth-order valence-corrected chi connectivity index (χ4v) is 4.61. The molecule has 0 bridgehead atoms. The molecule has 35 heavy (non-hydrogen) atoms. The van der Waals surface area contributed by atoms with E-state index in [0.717, 1.165) is 11.2 Å². The molecule has 3 aromatic rings. The zero-order valence-corrected chi connectivity index (χ0v) is 21.1. The average molecular weight is 502 g/mol. The van der Waals surface area contributed by atoms with Gasteiger partial charge in [0, 0.05) is 19.3 Å². The number of nitrogens with zero attached hydrogens (tertiary/aromatic N) is 5. The first kappa shape index (κ1) is 24.7. The van der Waals surface area contributed by atoms with Crippen molar-refractivity contribution >= 4 is 39.6 Å². The van der Waals surface area contributed by atoms with E-state index in [1.807, 2.05) is 13.8 Å². The largest absolute Gasteiger partial charge is 0.444 e. The quantitative estimate of drug-likeness (QED) is 0.541. The number of likely N-dealkylation sites (tertiary alicyclic amines) is 1. The van der Waals surface area contributed by atoms with E-state index in [1.54, 1.807) is 31.9 Å². The molecule has 1 aliphatic heterocycles. The van der Waals surface area contributed by atoms with Crippen LogP contribution in [-0.4, -0.2) is 61.6 Å². The van der Waals surface area contributed by atoms with Gasteiger partial charge in [0.15, 0.2) is 11.3 Å². The number of hydrogen-bond acceptors (Lipinski definition) is 9. The highest BCUT2D eigenvalue weighted by molar-refractivity contribution is 7.18. The van der Waals surface area contributed by atoms with Crippen molar-refractivity contribution in [2.24, 2.45) is 0 Å². The number of carbonyl (C=O) groups is 2. The van der Waals surface area contributed by atoms with Gasteiger partial charge in [-0.2, -0.15) is 4.98 Å². The molecule has 0 aromatic carbocycles. The van der Waals surface area contributed by atoms with Gasteiger partial charge in [-0.1, -0.05) is 0 Å². The summed E-state index contributed by atoms with van der Waals surface area (Å²) >= 11 is 1.35. The zero-order chi connectivity index (χ0) is 25.3. The molecule has 1 saturated heterocycles. The number of ether oxygens (including phenoxy) is 1. The number of alkyl carbamates (subject to hydrolysis) is 1. The van der Waals surface area contributed by atoms with Gasteiger partial charge in [0.25, 0.3) is 5.91 Å². The number of pyridine rings is 1. The molecule has 186 valence electrons. The van der Waals surface area contributed by atoms with Crippen molar-refractivity contribution in [3.8, 4) is 0 Å². The van der Waals surface area contributed by atoms with Crippen LogP contribution in [0.15, 0.2) is 18.5 Å². The number of nitrogens with one attached hydrogen (secondary N) is 2. The van der Waals surface area contributed by atoms with E-state index < -0.39 is 17.5 Å². The Kier molecular flexibility index (Phi) is 6.84. The number of halogens is 1. The minimum atomic E-state index is -0.600. The third kappa shape index (κ3) is 5.99. The Balaban J connectivity index is 1.53. The fraction of sp³-hybridized carbons (Fsp3) is 0.478. The molecule has 0 radical (unpaired) electrons. The normalized spacial score (nSPS) is 16.9. The van der Waals surface area contributed by atoms with Gasteiger partial charge in [-0.3, -0.25) is 9.78 Å². The average Bonchev–Trinajstić information content (AvgIpc) is 3.36. The Labute approximate surface area is 206 Å². The van der Waals surface area contributed by atoms with Gasteiger partial charge >= 0.3 is 6.09 Å². The molecule has 0 unspecified atom stereocenters. The van der Waals surface area contributed by atoms with E-state index in [9.17, 15) is 14.0 Å². The van der Waals surface area contributed by atoms with Crippen LogP contribution in [0.25, 0.3) is 10.3 Å². The minimum absolute atomic E-state index is 0.213. The third-order valence-electron chi connectivity index (χ3n) is 5.33. The second kappa shape index (κ2) is 9.68. The summed E-state index contributed by atoms with van der Waals surface area (Å²) < 4.78 is 19.5. The van der Waals surface area contributed by atoms with E-state index in [-0.39, 0.29) is 29.6 Å². The summed E-state index contributed by atoms with van der Waals surface area (Å²) in [5.41, 5.74) is 0.675. The maximum Gasteiger partial charge on any atom is 0.407 e. The summed E-state index contributed by atoms with van der Waals surface area (Å²) in [6, 6.07) is 0.810. The van der Waals surface area contributed by atoms with Gasteiger partial charge in [-0.25, -0.2) is 19.2 Å². The van der Waals surface area contributed by atoms with Crippen molar-refractivity contribution < 1.29 is 18.7 Å². The minimum Gasteiger partial charge on any atom is -0.444 e. The predicted molar refractivity (Wildman–Crippen MR) is 130 cm³/mol. The number of hydrogen-bond donors (Lipinski definition) is 2. The Morgan fingerprint density at radius 2 is 2.03 bits per heavy atom. The standard InChI is InChI=1S/C23H28FN7O3S/c1-12(14-8-15(24)10-25-9-14)26-21-29-17(18-19(30-21)27-13(2)35-18)20(32)31-7-6-16(11-31)28-22(33)34-23(3,4)5/h8-10,12,16H,6-7,11H2,1-5H3,(H,28,33)(H,26,29,30)/t12-,16+/m0/s1. The summed E-state index contributed by atoms with van der Waals surface area (Å²) in [5, 5.41) is 6.71. The van der Waals surface area contributed by atoms with Gasteiger partial charge in [-0.05, 0) is 52.7 Å². The summed E-state index contributed by atoms with van der Waals surface area (Å²) in [5.74, 6) is -0.495. The van der Waals surface area contributed by atoms with Crippen LogP contribution in [0.1, 0.15) is 61.2 Å². The lowest BCUT2D eigenvalue weighted by atomic mass is 10.1. The van der Waals surface area contributed by atoms with Crippen molar-refractivity contribution in [2.45, 2.75) is 58.7 Å². The highest BCUT2D eigenvalue weighted by Gasteiger charge is 2.32. The third-order valence-corrected chi connectivity index (χ3v) is 6.30.